The van der Waals surface area contributed by atoms with Crippen LogP contribution in [0.4, 0.5) is 0 Å². The molecule has 1 rings (SSSR count). The van der Waals surface area contributed by atoms with Gasteiger partial charge in [0.1, 0.15) is 11.8 Å². The minimum atomic E-state index is 0.324. The second kappa shape index (κ2) is 2.19. The van der Waals surface area contributed by atoms with Crippen LogP contribution in [0, 0.1) is 11.3 Å². The van der Waals surface area contributed by atoms with Gasteiger partial charge in [-0.25, -0.2) is 0 Å². The number of furan rings is 1. The summed E-state index contributed by atoms with van der Waals surface area (Å²) in [6, 6.07) is 5.18. The summed E-state index contributed by atoms with van der Waals surface area (Å²) in [5, 5.41) is 8.27. The van der Waals surface area contributed by atoms with Crippen LogP contribution >= 0.6 is 0 Å². The molecule has 9 heavy (non-hydrogen) atoms. The summed E-state index contributed by atoms with van der Waals surface area (Å²) in [6.07, 6.45) is 1.56. The zero-order valence-electron chi connectivity index (χ0n) is 4.79. The number of nitriles is 1. The van der Waals surface area contributed by atoms with Crippen molar-refractivity contribution in [1.82, 2.24) is 0 Å². The molecular formula is C7H5NO. The highest BCUT2D eigenvalue weighted by atomic mass is 16.3. The fraction of sp³-hybridized carbons (Fsp3) is 0. The van der Waals surface area contributed by atoms with Crippen LogP contribution in [0.1, 0.15) is 11.5 Å². The van der Waals surface area contributed by atoms with Crippen LogP contribution in [-0.2, 0) is 0 Å². The Hall–Kier alpha value is -1.49. The standard InChI is InChI=1S/C7H5NO/c1-2-6-3-4-7(5-8)9-6/h2-4H,1H2. The smallest absolute Gasteiger partial charge is 0.204 e. The van der Waals surface area contributed by atoms with Crippen LogP contribution in [0.15, 0.2) is 23.1 Å². The van der Waals surface area contributed by atoms with Crippen LogP contribution < -0.4 is 0 Å². The van der Waals surface area contributed by atoms with Gasteiger partial charge in [-0.3, -0.25) is 0 Å². The predicted octanol–water partition coefficient (Wildman–Crippen LogP) is 1.79. The Morgan fingerprint density at radius 3 is 2.78 bits per heavy atom. The van der Waals surface area contributed by atoms with Gasteiger partial charge in [0.25, 0.3) is 0 Å². The molecule has 1 aromatic heterocycles. The SMILES string of the molecule is C=Cc1ccc(C#N)o1. The average molecular weight is 119 g/mol. The van der Waals surface area contributed by atoms with Gasteiger partial charge in [0.05, 0.1) is 0 Å². The molecule has 0 saturated heterocycles. The number of nitrogens with zero attached hydrogens (tertiary/aromatic N) is 1. The summed E-state index contributed by atoms with van der Waals surface area (Å²) in [6.45, 7) is 3.48. The van der Waals surface area contributed by atoms with Crippen LogP contribution in [-0.4, -0.2) is 0 Å². The van der Waals surface area contributed by atoms with Crippen LogP contribution in [0.5, 0.6) is 0 Å². The van der Waals surface area contributed by atoms with Crippen molar-refractivity contribution in [3.63, 3.8) is 0 Å². The Kier molecular flexibility index (Phi) is 1.37. The first kappa shape index (κ1) is 5.64. The molecule has 0 amide bonds. The third-order valence-electron chi connectivity index (χ3n) is 0.938. The summed E-state index contributed by atoms with van der Waals surface area (Å²) in [7, 11) is 0. The van der Waals surface area contributed by atoms with Gasteiger partial charge in [0.2, 0.25) is 5.76 Å². The molecule has 0 aliphatic carbocycles. The number of hydrogen-bond donors (Lipinski definition) is 0. The molecule has 0 radical (unpaired) electrons. The minimum Gasteiger partial charge on any atom is -0.446 e. The van der Waals surface area contributed by atoms with E-state index in [9.17, 15) is 0 Å². The third-order valence-corrected chi connectivity index (χ3v) is 0.938. The van der Waals surface area contributed by atoms with E-state index in [2.05, 4.69) is 6.58 Å². The fourth-order valence-electron chi connectivity index (χ4n) is 0.523. The van der Waals surface area contributed by atoms with E-state index in [0.29, 0.717) is 11.5 Å². The molecule has 1 aromatic rings. The molecule has 44 valence electrons. The van der Waals surface area contributed by atoms with E-state index in [0.717, 1.165) is 0 Å². The maximum Gasteiger partial charge on any atom is 0.204 e. The van der Waals surface area contributed by atoms with E-state index in [-0.39, 0.29) is 0 Å². The van der Waals surface area contributed by atoms with Crippen molar-refractivity contribution >= 4 is 6.08 Å². The molecule has 0 aromatic carbocycles. The molecule has 0 atom stereocenters. The second-order valence-electron chi connectivity index (χ2n) is 1.52. The predicted molar refractivity (Wildman–Crippen MR) is 33.5 cm³/mol. The molecule has 0 aliphatic rings. The van der Waals surface area contributed by atoms with Crippen molar-refractivity contribution in [3.05, 3.63) is 30.2 Å². The lowest BCUT2D eigenvalue weighted by Crippen LogP contribution is -1.58. The molecule has 0 saturated carbocycles. The van der Waals surface area contributed by atoms with Crippen LogP contribution in [0.2, 0.25) is 0 Å². The lowest BCUT2D eigenvalue weighted by molar-refractivity contribution is 0.543. The van der Waals surface area contributed by atoms with E-state index in [1.807, 2.05) is 6.07 Å². The van der Waals surface area contributed by atoms with E-state index in [1.165, 1.54) is 0 Å². The first-order valence-corrected chi connectivity index (χ1v) is 2.49. The third kappa shape index (κ3) is 1.000. The molecule has 0 fully saturated rings. The molecule has 2 nitrogen and oxygen atoms in total. The van der Waals surface area contributed by atoms with Gasteiger partial charge in [-0.1, -0.05) is 6.58 Å². The topological polar surface area (TPSA) is 36.9 Å². The first-order chi connectivity index (χ1) is 4.36. The average Bonchev–Trinajstić information content (AvgIpc) is 2.34. The summed E-state index contributed by atoms with van der Waals surface area (Å²) < 4.78 is 4.90. The van der Waals surface area contributed by atoms with Crippen molar-refractivity contribution in [1.29, 1.82) is 5.26 Å². The van der Waals surface area contributed by atoms with Gasteiger partial charge in [-0.15, -0.1) is 0 Å². The van der Waals surface area contributed by atoms with Crippen molar-refractivity contribution in [2.45, 2.75) is 0 Å². The maximum absolute atomic E-state index is 8.27. The zero-order chi connectivity index (χ0) is 6.69. The van der Waals surface area contributed by atoms with Crippen molar-refractivity contribution in [2.24, 2.45) is 0 Å². The largest absolute Gasteiger partial charge is 0.446 e. The van der Waals surface area contributed by atoms with Gasteiger partial charge in [0, 0.05) is 0 Å². The Bertz CT molecular complexity index is 254. The zero-order valence-corrected chi connectivity index (χ0v) is 4.79. The van der Waals surface area contributed by atoms with Crippen molar-refractivity contribution in [3.8, 4) is 6.07 Å². The normalized spacial score (nSPS) is 8.33. The van der Waals surface area contributed by atoms with Crippen molar-refractivity contribution < 1.29 is 4.42 Å². The summed E-state index contributed by atoms with van der Waals surface area (Å²) in [5.41, 5.74) is 0. The van der Waals surface area contributed by atoms with Gasteiger partial charge in [0.15, 0.2) is 0 Å². The molecular weight excluding hydrogens is 114 g/mol. The molecule has 0 spiro atoms. The van der Waals surface area contributed by atoms with Gasteiger partial charge < -0.3 is 4.42 Å². The Labute approximate surface area is 53.0 Å². The summed E-state index contributed by atoms with van der Waals surface area (Å²) >= 11 is 0. The van der Waals surface area contributed by atoms with E-state index in [1.54, 1.807) is 18.2 Å². The van der Waals surface area contributed by atoms with E-state index in [4.69, 9.17) is 9.68 Å². The Morgan fingerprint density at radius 2 is 2.44 bits per heavy atom. The number of rotatable bonds is 1. The molecule has 0 N–H and O–H groups in total. The highest BCUT2D eigenvalue weighted by Gasteiger charge is 1.93. The highest BCUT2D eigenvalue weighted by Crippen LogP contribution is 2.06. The molecule has 1 heterocycles. The van der Waals surface area contributed by atoms with Crippen molar-refractivity contribution in [2.75, 3.05) is 0 Å². The van der Waals surface area contributed by atoms with Gasteiger partial charge in [-0.2, -0.15) is 5.26 Å². The summed E-state index contributed by atoms with van der Waals surface area (Å²) in [5.74, 6) is 0.955. The van der Waals surface area contributed by atoms with Gasteiger partial charge in [-0.05, 0) is 18.2 Å². The molecule has 0 unspecified atom stereocenters. The number of hydrogen-bond acceptors (Lipinski definition) is 2. The van der Waals surface area contributed by atoms with Gasteiger partial charge >= 0.3 is 0 Å². The monoisotopic (exact) mass is 119 g/mol. The quantitative estimate of drug-likeness (QED) is 0.565. The second-order valence-corrected chi connectivity index (χ2v) is 1.52. The lowest BCUT2D eigenvalue weighted by atomic mass is 10.4. The fourth-order valence-corrected chi connectivity index (χ4v) is 0.523. The van der Waals surface area contributed by atoms with Crippen LogP contribution in [0.25, 0.3) is 6.08 Å². The van der Waals surface area contributed by atoms with Crippen LogP contribution in [0.3, 0.4) is 0 Å². The lowest BCUT2D eigenvalue weighted by Gasteiger charge is -1.76. The molecule has 0 bridgehead atoms. The summed E-state index contributed by atoms with van der Waals surface area (Å²) in [4.78, 5) is 0. The highest BCUT2D eigenvalue weighted by molar-refractivity contribution is 5.40. The Balaban J connectivity index is 3.03. The Morgan fingerprint density at radius 1 is 1.67 bits per heavy atom. The first-order valence-electron chi connectivity index (χ1n) is 2.49. The molecule has 2 heteroatoms. The van der Waals surface area contributed by atoms with E-state index >= 15 is 0 Å². The maximum atomic E-state index is 8.27. The molecule has 0 aliphatic heterocycles. The minimum absolute atomic E-state index is 0.324. The van der Waals surface area contributed by atoms with E-state index < -0.39 is 0 Å².